The lowest BCUT2D eigenvalue weighted by Gasteiger charge is -2.20. The Bertz CT molecular complexity index is 609. The maximum atomic E-state index is 12.1. The molecule has 4 amide bonds. The maximum Gasteiger partial charge on any atom is 0.312 e. The highest BCUT2D eigenvalue weighted by Gasteiger charge is 2.29. The normalized spacial score (nSPS) is 14.8. The predicted molar refractivity (Wildman–Crippen MR) is 91.0 cm³/mol. The van der Waals surface area contributed by atoms with Crippen LogP contribution in [0.1, 0.15) is 32.3 Å². The summed E-state index contributed by atoms with van der Waals surface area (Å²) in [7, 11) is 0. The molecule has 1 fully saturated rings. The second-order valence-electron chi connectivity index (χ2n) is 6.41. The quantitative estimate of drug-likeness (QED) is 0.604. The van der Waals surface area contributed by atoms with Gasteiger partial charge in [-0.05, 0) is 36.5 Å². The van der Waals surface area contributed by atoms with Crippen molar-refractivity contribution in [2.75, 3.05) is 5.32 Å². The van der Waals surface area contributed by atoms with Crippen LogP contribution in [0.4, 0.5) is 10.5 Å². The number of nitrogens with two attached hydrogens (primary N) is 1. The number of anilines is 1. The monoisotopic (exact) mass is 332 g/mol. The molecule has 7 nitrogen and oxygen atoms in total. The van der Waals surface area contributed by atoms with Crippen molar-refractivity contribution in [2.24, 2.45) is 17.6 Å². The van der Waals surface area contributed by atoms with E-state index in [1.54, 1.807) is 0 Å². The Balaban J connectivity index is 1.85. The number of hydrogen-bond acceptors (Lipinski definition) is 3. The number of carbonyl (C=O) groups is 3. The van der Waals surface area contributed by atoms with Crippen molar-refractivity contribution in [3.8, 4) is 0 Å². The summed E-state index contributed by atoms with van der Waals surface area (Å²) in [6.07, 6.45) is 1.93. The van der Waals surface area contributed by atoms with Crippen LogP contribution in [-0.2, 0) is 16.1 Å². The highest BCUT2D eigenvalue weighted by Crippen LogP contribution is 2.30. The van der Waals surface area contributed by atoms with E-state index in [1.165, 1.54) is 0 Å². The van der Waals surface area contributed by atoms with Crippen LogP contribution in [0, 0.1) is 11.8 Å². The Hall–Kier alpha value is -2.57. The largest absolute Gasteiger partial charge is 0.352 e. The molecule has 130 valence electrons. The van der Waals surface area contributed by atoms with E-state index in [-0.39, 0.29) is 23.7 Å². The molecule has 24 heavy (non-hydrogen) atoms. The lowest BCUT2D eigenvalue weighted by atomic mass is 10.0. The molecule has 0 spiro atoms. The van der Waals surface area contributed by atoms with Crippen molar-refractivity contribution in [2.45, 2.75) is 39.3 Å². The van der Waals surface area contributed by atoms with Crippen LogP contribution < -0.4 is 21.7 Å². The summed E-state index contributed by atoms with van der Waals surface area (Å²) in [4.78, 5) is 34.8. The highest BCUT2D eigenvalue weighted by molar-refractivity contribution is 5.94. The fourth-order valence-corrected chi connectivity index (χ4v) is 2.28. The average molecular weight is 332 g/mol. The Morgan fingerprint density at radius 2 is 1.79 bits per heavy atom. The lowest BCUT2D eigenvalue weighted by molar-refractivity contribution is -0.124. The minimum Gasteiger partial charge on any atom is -0.352 e. The van der Waals surface area contributed by atoms with Gasteiger partial charge in [0.05, 0.1) is 0 Å². The third-order valence-electron chi connectivity index (χ3n) is 3.88. The van der Waals surface area contributed by atoms with Gasteiger partial charge in [0.25, 0.3) is 0 Å². The van der Waals surface area contributed by atoms with Crippen LogP contribution in [0.2, 0.25) is 0 Å². The van der Waals surface area contributed by atoms with Crippen LogP contribution in [0.5, 0.6) is 0 Å². The van der Waals surface area contributed by atoms with Gasteiger partial charge >= 0.3 is 6.03 Å². The van der Waals surface area contributed by atoms with Crippen molar-refractivity contribution in [3.63, 3.8) is 0 Å². The van der Waals surface area contributed by atoms with Gasteiger partial charge in [-0.3, -0.25) is 9.59 Å². The summed E-state index contributed by atoms with van der Waals surface area (Å²) in [5.74, 6) is -0.129. The standard InChI is InChI=1S/C17H24N4O3/c1-10(2)14(21-17(18)24)16(23)19-9-11-3-7-13(8-4-11)20-15(22)12-5-6-12/h3-4,7-8,10,12,14H,5-6,9H2,1-2H3,(H,19,23)(H,20,22)(H3,18,21,24)/t14-/m0/s1. The summed E-state index contributed by atoms with van der Waals surface area (Å²) in [5, 5.41) is 8.08. The van der Waals surface area contributed by atoms with Gasteiger partial charge in [0.1, 0.15) is 6.04 Å². The zero-order chi connectivity index (χ0) is 17.7. The Kier molecular flexibility index (Phi) is 5.78. The van der Waals surface area contributed by atoms with Gasteiger partial charge in [-0.1, -0.05) is 26.0 Å². The molecule has 5 N–H and O–H groups in total. The Labute approximate surface area is 141 Å². The molecule has 7 heteroatoms. The molecule has 0 aromatic heterocycles. The first-order valence-electron chi connectivity index (χ1n) is 8.10. The van der Waals surface area contributed by atoms with Gasteiger partial charge in [-0.25, -0.2) is 4.79 Å². The van der Waals surface area contributed by atoms with Crippen molar-refractivity contribution in [1.82, 2.24) is 10.6 Å². The summed E-state index contributed by atoms with van der Waals surface area (Å²) >= 11 is 0. The number of nitrogens with one attached hydrogen (secondary N) is 3. The smallest absolute Gasteiger partial charge is 0.312 e. The molecular formula is C17H24N4O3. The molecule has 0 radical (unpaired) electrons. The average Bonchev–Trinajstić information content (AvgIpc) is 3.36. The summed E-state index contributed by atoms with van der Waals surface area (Å²) in [5.41, 5.74) is 6.74. The first-order valence-corrected chi connectivity index (χ1v) is 8.10. The fraction of sp³-hybridized carbons (Fsp3) is 0.471. The number of rotatable bonds is 7. The summed E-state index contributed by atoms with van der Waals surface area (Å²) in [6, 6.07) is 5.91. The number of hydrogen-bond donors (Lipinski definition) is 4. The summed E-state index contributed by atoms with van der Waals surface area (Å²) < 4.78 is 0. The van der Waals surface area contributed by atoms with Gasteiger partial charge in [-0.2, -0.15) is 0 Å². The molecule has 1 aliphatic rings. The van der Waals surface area contributed by atoms with Gasteiger partial charge in [-0.15, -0.1) is 0 Å². The minimum absolute atomic E-state index is 0.0633. The lowest BCUT2D eigenvalue weighted by Crippen LogP contribution is -2.51. The predicted octanol–water partition coefficient (Wildman–Crippen LogP) is 1.34. The highest BCUT2D eigenvalue weighted by atomic mass is 16.2. The van der Waals surface area contributed by atoms with Crippen LogP contribution >= 0.6 is 0 Å². The third-order valence-corrected chi connectivity index (χ3v) is 3.88. The molecule has 1 aromatic carbocycles. The van der Waals surface area contributed by atoms with E-state index < -0.39 is 12.1 Å². The SMILES string of the molecule is CC(C)[C@H](NC(N)=O)C(=O)NCc1ccc(NC(=O)C2CC2)cc1. The number of amides is 4. The van der Waals surface area contributed by atoms with E-state index >= 15 is 0 Å². The minimum atomic E-state index is -0.723. The first-order chi connectivity index (χ1) is 11.4. The van der Waals surface area contributed by atoms with Crippen LogP contribution in [0.3, 0.4) is 0 Å². The topological polar surface area (TPSA) is 113 Å². The van der Waals surface area contributed by atoms with Crippen molar-refractivity contribution >= 4 is 23.5 Å². The van der Waals surface area contributed by atoms with E-state index in [0.29, 0.717) is 6.54 Å². The van der Waals surface area contributed by atoms with Gasteiger partial charge in [0, 0.05) is 18.2 Å². The molecule has 1 aromatic rings. The zero-order valence-corrected chi connectivity index (χ0v) is 14.0. The van der Waals surface area contributed by atoms with E-state index in [2.05, 4.69) is 16.0 Å². The number of primary amides is 1. The van der Waals surface area contributed by atoms with Gasteiger partial charge < -0.3 is 21.7 Å². The molecule has 0 aliphatic heterocycles. The molecule has 0 heterocycles. The van der Waals surface area contributed by atoms with Gasteiger partial charge in [0.2, 0.25) is 11.8 Å². The summed E-state index contributed by atoms with van der Waals surface area (Å²) in [6.45, 7) is 3.99. The third kappa shape index (κ3) is 5.26. The van der Waals surface area contributed by atoms with Crippen LogP contribution in [0.25, 0.3) is 0 Å². The second kappa shape index (κ2) is 7.81. The van der Waals surface area contributed by atoms with Gasteiger partial charge in [0.15, 0.2) is 0 Å². The molecular weight excluding hydrogens is 308 g/mol. The molecule has 2 rings (SSSR count). The second-order valence-corrected chi connectivity index (χ2v) is 6.41. The molecule has 1 saturated carbocycles. The molecule has 1 aliphatic carbocycles. The zero-order valence-electron chi connectivity index (χ0n) is 14.0. The van der Waals surface area contributed by atoms with Crippen molar-refractivity contribution < 1.29 is 14.4 Å². The van der Waals surface area contributed by atoms with E-state index in [0.717, 1.165) is 24.1 Å². The molecule has 1 atom stereocenters. The van der Waals surface area contributed by atoms with Crippen molar-refractivity contribution in [1.29, 1.82) is 0 Å². The Morgan fingerprint density at radius 3 is 2.29 bits per heavy atom. The van der Waals surface area contributed by atoms with E-state index in [1.807, 2.05) is 38.1 Å². The molecule has 0 saturated heterocycles. The maximum absolute atomic E-state index is 12.1. The molecule has 0 bridgehead atoms. The molecule has 0 unspecified atom stereocenters. The first kappa shape index (κ1) is 17.8. The number of benzene rings is 1. The number of urea groups is 1. The van der Waals surface area contributed by atoms with Crippen molar-refractivity contribution in [3.05, 3.63) is 29.8 Å². The van der Waals surface area contributed by atoms with E-state index in [9.17, 15) is 14.4 Å². The van der Waals surface area contributed by atoms with Crippen LogP contribution in [-0.4, -0.2) is 23.9 Å². The Morgan fingerprint density at radius 1 is 1.17 bits per heavy atom. The van der Waals surface area contributed by atoms with Crippen LogP contribution in [0.15, 0.2) is 24.3 Å². The number of carbonyl (C=O) groups excluding carboxylic acids is 3. The van der Waals surface area contributed by atoms with E-state index in [4.69, 9.17) is 5.73 Å². The fourth-order valence-electron chi connectivity index (χ4n) is 2.28.